The van der Waals surface area contributed by atoms with Crippen LogP contribution in [0.4, 0.5) is 4.79 Å². The van der Waals surface area contributed by atoms with Crippen molar-refractivity contribution in [2.45, 2.75) is 63.4 Å². The Morgan fingerprint density at radius 2 is 1.59 bits per heavy atom. The van der Waals surface area contributed by atoms with Crippen LogP contribution in [0.2, 0.25) is 0 Å². The zero-order chi connectivity index (χ0) is 39.4. The maximum absolute atomic E-state index is 14.4. The molecule has 1 aromatic heterocycles. The molecule has 2 saturated heterocycles. The fraction of sp³-hybridized carbons (Fsp3) is 0.273. The lowest BCUT2D eigenvalue weighted by molar-refractivity contribution is -0.688. The highest BCUT2D eigenvalue weighted by molar-refractivity contribution is 8.00. The highest BCUT2D eigenvalue weighted by Gasteiger charge is 2.55. The number of amides is 3. The Hall–Kier alpha value is -6.19. The molecule has 0 radical (unpaired) electrons. The van der Waals surface area contributed by atoms with Crippen molar-refractivity contribution < 1.29 is 33.2 Å². The Balaban J connectivity index is 1.13. The molecule has 284 valence electrons. The van der Waals surface area contributed by atoms with E-state index in [1.165, 1.54) is 16.7 Å². The van der Waals surface area contributed by atoms with Crippen LogP contribution in [0.5, 0.6) is 0 Å². The van der Waals surface area contributed by atoms with Crippen molar-refractivity contribution in [2.75, 3.05) is 12.3 Å². The molecule has 3 aliphatic heterocycles. The monoisotopic (exact) mass is 768 g/mol. The molecule has 3 aliphatic rings. The van der Waals surface area contributed by atoms with Crippen molar-refractivity contribution in [3.05, 3.63) is 160 Å². The fourth-order valence-electron chi connectivity index (χ4n) is 6.90. The van der Waals surface area contributed by atoms with E-state index in [9.17, 15) is 19.2 Å². The topological polar surface area (TPSA) is 133 Å². The van der Waals surface area contributed by atoms with Crippen molar-refractivity contribution in [1.82, 2.24) is 15.1 Å². The molecule has 0 saturated carbocycles. The van der Waals surface area contributed by atoms with Gasteiger partial charge in [0.25, 0.3) is 5.91 Å². The highest BCUT2D eigenvalue weighted by atomic mass is 32.2. The number of alkyl carbamates (subject to hydrolysis) is 1. The van der Waals surface area contributed by atoms with E-state index >= 15 is 0 Å². The number of rotatable bonds is 10. The molecule has 4 aromatic rings. The Bertz CT molecular complexity index is 2190. The van der Waals surface area contributed by atoms with Gasteiger partial charge in [-0.15, -0.1) is 11.8 Å². The largest absolute Gasteiger partial charge is 0.448 e. The van der Waals surface area contributed by atoms with Gasteiger partial charge in [0.2, 0.25) is 5.91 Å². The predicted octanol–water partition coefficient (Wildman–Crippen LogP) is 5.95. The van der Waals surface area contributed by atoms with Crippen LogP contribution in [0.15, 0.2) is 132 Å². The summed E-state index contributed by atoms with van der Waals surface area (Å²) in [6, 6.07) is 31.4. The van der Waals surface area contributed by atoms with E-state index in [0.717, 1.165) is 22.3 Å². The Labute approximate surface area is 330 Å². The summed E-state index contributed by atoms with van der Waals surface area (Å²) in [6.07, 6.45) is 4.66. The molecule has 0 spiro atoms. The molecule has 12 heteroatoms. The van der Waals surface area contributed by atoms with E-state index in [1.54, 1.807) is 43.9 Å². The lowest BCUT2D eigenvalue weighted by atomic mass is 10.00. The van der Waals surface area contributed by atoms with Gasteiger partial charge in [-0.25, -0.2) is 14.2 Å². The molecule has 3 amide bonds. The molecule has 56 heavy (non-hydrogen) atoms. The standard InChI is InChI=1S/C44H41N5O6S/c1-44(2,3)55-43(53)46-36-40(51)49-37(42(52)54-38(32-10-6-4-7-11-32)33-12-8-5-9-13-33)35(28-56-41(36)49)24-34-20-23-48(39(34)50)27-31-18-21-47(22-19-31)26-30-16-14-29(25-45)15-17-30/h4-19,21-22,24,36,38,41H,20,23,26-28H2,1-3H3/p+1/b34-24+/t36-,41-/m1/s1. The number of nitriles is 1. The highest BCUT2D eigenvalue weighted by Crippen LogP contribution is 2.42. The first-order valence-corrected chi connectivity index (χ1v) is 19.5. The molecule has 3 aromatic carbocycles. The predicted molar refractivity (Wildman–Crippen MR) is 209 cm³/mol. The van der Waals surface area contributed by atoms with Crippen LogP contribution in [0, 0.1) is 11.3 Å². The van der Waals surface area contributed by atoms with Crippen LogP contribution >= 0.6 is 11.8 Å². The summed E-state index contributed by atoms with van der Waals surface area (Å²) in [7, 11) is 0. The third kappa shape index (κ3) is 8.53. The number of carbonyl (C=O) groups excluding carboxylic acids is 4. The van der Waals surface area contributed by atoms with E-state index in [4.69, 9.17) is 14.7 Å². The average molecular weight is 769 g/mol. The number of likely N-dealkylation sites (tertiary alicyclic amines) is 1. The number of ether oxygens (including phenoxy) is 2. The molecular weight excluding hydrogens is 727 g/mol. The molecule has 0 bridgehead atoms. The summed E-state index contributed by atoms with van der Waals surface area (Å²) >= 11 is 1.40. The van der Waals surface area contributed by atoms with Crippen molar-refractivity contribution in [3.8, 4) is 6.07 Å². The Morgan fingerprint density at radius 3 is 2.20 bits per heavy atom. The first-order valence-electron chi connectivity index (χ1n) is 18.4. The lowest BCUT2D eigenvalue weighted by Crippen LogP contribution is -2.70. The number of nitrogens with zero attached hydrogens (tertiary/aromatic N) is 4. The van der Waals surface area contributed by atoms with Crippen molar-refractivity contribution in [1.29, 1.82) is 5.26 Å². The number of thioether (sulfide) groups is 1. The number of allylic oxidation sites excluding steroid dienone is 1. The summed E-state index contributed by atoms with van der Waals surface area (Å²) < 4.78 is 13.7. The van der Waals surface area contributed by atoms with Crippen molar-refractivity contribution in [2.24, 2.45) is 0 Å². The molecule has 2 fully saturated rings. The molecule has 11 nitrogen and oxygen atoms in total. The molecule has 0 unspecified atom stereocenters. The molecular formula is C44H42N5O6S+. The van der Waals surface area contributed by atoms with Gasteiger partial charge in [0.1, 0.15) is 22.7 Å². The number of β-lactam (4-membered cyclic amide) rings is 1. The van der Waals surface area contributed by atoms with Crippen molar-refractivity contribution in [3.63, 3.8) is 0 Å². The van der Waals surface area contributed by atoms with Crippen LogP contribution < -0.4 is 9.88 Å². The van der Waals surface area contributed by atoms with E-state index < -0.39 is 41.1 Å². The Morgan fingerprint density at radius 1 is 0.946 bits per heavy atom. The van der Waals surface area contributed by atoms with Crippen LogP contribution in [0.1, 0.15) is 61.1 Å². The second kappa shape index (κ2) is 16.3. The summed E-state index contributed by atoms with van der Waals surface area (Å²) in [5, 5.41) is 11.2. The van der Waals surface area contributed by atoms with Gasteiger partial charge in [-0.05, 0) is 67.7 Å². The number of aromatic nitrogens is 1. The summed E-state index contributed by atoms with van der Waals surface area (Å²) in [6.45, 7) is 6.79. The van der Waals surface area contributed by atoms with Gasteiger partial charge < -0.3 is 19.7 Å². The summed E-state index contributed by atoms with van der Waals surface area (Å²) in [4.78, 5) is 57.9. The van der Waals surface area contributed by atoms with Gasteiger partial charge >= 0.3 is 12.1 Å². The fourth-order valence-corrected chi connectivity index (χ4v) is 8.21. The zero-order valence-corrected chi connectivity index (χ0v) is 32.2. The second-order valence-electron chi connectivity index (χ2n) is 14.8. The lowest BCUT2D eigenvalue weighted by Gasteiger charge is -2.49. The molecule has 2 atom stereocenters. The van der Waals surface area contributed by atoms with Crippen molar-refractivity contribution >= 4 is 35.6 Å². The third-order valence-corrected chi connectivity index (χ3v) is 10.9. The summed E-state index contributed by atoms with van der Waals surface area (Å²) in [5.74, 6) is -1.00. The minimum Gasteiger partial charge on any atom is -0.448 e. The second-order valence-corrected chi connectivity index (χ2v) is 16.0. The van der Waals surface area contributed by atoms with Crippen LogP contribution in [0.3, 0.4) is 0 Å². The minimum absolute atomic E-state index is 0.0616. The average Bonchev–Trinajstić information content (AvgIpc) is 3.53. The van der Waals surface area contributed by atoms with Gasteiger partial charge in [0.15, 0.2) is 25.0 Å². The number of benzene rings is 3. The maximum Gasteiger partial charge on any atom is 0.408 e. The molecule has 0 aliphatic carbocycles. The number of hydrogen-bond acceptors (Lipinski definition) is 8. The minimum atomic E-state index is -0.900. The van der Waals surface area contributed by atoms with E-state index in [2.05, 4.69) is 11.4 Å². The van der Waals surface area contributed by atoms with E-state index in [-0.39, 0.29) is 11.6 Å². The number of esters is 1. The smallest absolute Gasteiger partial charge is 0.408 e. The number of carbonyl (C=O) groups is 4. The first-order chi connectivity index (χ1) is 27.0. The normalized spacial score (nSPS) is 18.7. The Kier molecular flexibility index (Phi) is 11.1. The number of pyridine rings is 1. The first kappa shape index (κ1) is 38.1. The molecule has 7 rings (SSSR count). The quantitative estimate of drug-likeness (QED) is 0.0907. The van der Waals surface area contributed by atoms with Gasteiger partial charge in [-0.3, -0.25) is 14.5 Å². The maximum atomic E-state index is 14.4. The number of fused-ring (bicyclic) bond motifs is 1. The van der Waals surface area contributed by atoms with E-state index in [1.807, 2.05) is 102 Å². The molecule has 1 N–H and O–H groups in total. The van der Waals surface area contributed by atoms with Gasteiger partial charge in [-0.2, -0.15) is 5.26 Å². The van der Waals surface area contributed by atoms with Crippen LogP contribution in [-0.4, -0.2) is 63.0 Å². The van der Waals surface area contributed by atoms with Crippen LogP contribution in [-0.2, 0) is 36.9 Å². The van der Waals surface area contributed by atoms with Gasteiger partial charge in [0, 0.05) is 42.1 Å². The third-order valence-electron chi connectivity index (χ3n) is 9.64. The van der Waals surface area contributed by atoms with Gasteiger partial charge in [-0.1, -0.05) is 72.8 Å². The van der Waals surface area contributed by atoms with Crippen LogP contribution in [0.25, 0.3) is 0 Å². The SMILES string of the molecule is CC(C)(C)OC(=O)N[C@@H]1C(=O)N2C(C(=O)OC(c3ccccc3)c3ccccc3)=C(/C=C3\CCN(Cc4cc[n+](Cc5ccc(C#N)cc5)cc4)C3=O)CS[C@H]12. The molecule has 4 heterocycles. The number of nitrogens with one attached hydrogen (secondary N) is 1. The van der Waals surface area contributed by atoms with E-state index in [0.29, 0.717) is 48.5 Å². The summed E-state index contributed by atoms with van der Waals surface area (Å²) in [5.41, 5.74) is 4.53. The van der Waals surface area contributed by atoms with Gasteiger partial charge in [0.05, 0.1) is 11.6 Å². The zero-order valence-electron chi connectivity index (χ0n) is 31.4. The number of hydrogen-bond donors (Lipinski definition) is 1.